The molecule has 94 valence electrons. The summed E-state index contributed by atoms with van der Waals surface area (Å²) in [5, 5.41) is 3.25. The molecule has 0 unspecified atom stereocenters. The molecule has 0 bridgehead atoms. The van der Waals surface area contributed by atoms with E-state index in [0.717, 1.165) is 31.4 Å². The Hall–Kier alpha value is -1.36. The molecule has 1 N–H and O–H groups in total. The van der Waals surface area contributed by atoms with Gasteiger partial charge >= 0.3 is 0 Å². The van der Waals surface area contributed by atoms with Gasteiger partial charge in [-0.15, -0.1) is 0 Å². The fourth-order valence-corrected chi connectivity index (χ4v) is 2.27. The number of methoxy groups -OCH3 is 1. The number of anilines is 1. The van der Waals surface area contributed by atoms with Crippen molar-refractivity contribution in [3.05, 3.63) is 12.4 Å². The fourth-order valence-electron chi connectivity index (χ4n) is 2.27. The monoisotopic (exact) mass is 236 g/mol. The molecule has 1 fully saturated rings. The third-order valence-electron chi connectivity index (χ3n) is 3.27. The van der Waals surface area contributed by atoms with Crippen LogP contribution in [0, 0.1) is 5.92 Å². The lowest BCUT2D eigenvalue weighted by molar-refractivity contribution is 0.387. The smallest absolute Gasteiger partial charge is 0.218 e. The van der Waals surface area contributed by atoms with Crippen molar-refractivity contribution in [2.45, 2.75) is 12.8 Å². The van der Waals surface area contributed by atoms with Crippen LogP contribution in [-0.2, 0) is 0 Å². The van der Waals surface area contributed by atoms with Gasteiger partial charge in [0.05, 0.1) is 7.11 Å². The van der Waals surface area contributed by atoms with E-state index in [1.165, 1.54) is 12.8 Å². The van der Waals surface area contributed by atoms with Crippen molar-refractivity contribution in [1.29, 1.82) is 0 Å². The number of nitrogens with zero attached hydrogens (tertiary/aromatic N) is 3. The van der Waals surface area contributed by atoms with Gasteiger partial charge in [0.25, 0.3) is 0 Å². The first-order chi connectivity index (χ1) is 8.33. The number of piperidine rings is 1. The predicted molar refractivity (Wildman–Crippen MR) is 67.4 cm³/mol. The highest BCUT2D eigenvalue weighted by molar-refractivity contribution is 5.41. The molecule has 1 aliphatic rings. The van der Waals surface area contributed by atoms with Crippen LogP contribution >= 0.6 is 0 Å². The molecule has 0 spiro atoms. The van der Waals surface area contributed by atoms with E-state index in [2.05, 4.69) is 20.2 Å². The highest BCUT2D eigenvalue weighted by Gasteiger charge is 2.19. The van der Waals surface area contributed by atoms with E-state index in [-0.39, 0.29) is 0 Å². The van der Waals surface area contributed by atoms with Gasteiger partial charge in [-0.25, -0.2) is 9.97 Å². The van der Waals surface area contributed by atoms with E-state index >= 15 is 0 Å². The molecule has 0 aliphatic carbocycles. The van der Waals surface area contributed by atoms with Gasteiger partial charge in [0.2, 0.25) is 5.88 Å². The summed E-state index contributed by atoms with van der Waals surface area (Å²) >= 11 is 0. The van der Waals surface area contributed by atoms with E-state index in [1.807, 2.05) is 13.1 Å². The van der Waals surface area contributed by atoms with Crippen LogP contribution in [0.3, 0.4) is 0 Å². The van der Waals surface area contributed by atoms with Gasteiger partial charge < -0.3 is 15.0 Å². The van der Waals surface area contributed by atoms with Gasteiger partial charge in [-0.3, -0.25) is 0 Å². The fraction of sp³-hybridized carbons (Fsp3) is 0.667. The van der Waals surface area contributed by atoms with Crippen LogP contribution in [0.25, 0.3) is 0 Å². The lowest BCUT2D eigenvalue weighted by atomic mass is 9.97. The van der Waals surface area contributed by atoms with E-state index in [0.29, 0.717) is 5.88 Å². The van der Waals surface area contributed by atoms with Crippen LogP contribution in [0.4, 0.5) is 5.82 Å². The van der Waals surface area contributed by atoms with Crippen molar-refractivity contribution in [3.8, 4) is 5.88 Å². The molecular weight excluding hydrogens is 216 g/mol. The lowest BCUT2D eigenvalue weighted by Crippen LogP contribution is -2.37. The van der Waals surface area contributed by atoms with E-state index in [4.69, 9.17) is 4.74 Å². The molecule has 0 saturated carbocycles. The highest BCUT2D eigenvalue weighted by atomic mass is 16.5. The SMILES string of the molecule is CNCC1CCN(c2cc(OC)ncn2)CC1. The first-order valence-electron chi connectivity index (χ1n) is 6.09. The van der Waals surface area contributed by atoms with Crippen LogP contribution in [0.1, 0.15) is 12.8 Å². The minimum atomic E-state index is 0.632. The minimum absolute atomic E-state index is 0.632. The van der Waals surface area contributed by atoms with Gasteiger partial charge in [0.15, 0.2) is 0 Å². The largest absolute Gasteiger partial charge is 0.481 e. The average Bonchev–Trinajstić information content (AvgIpc) is 2.40. The first kappa shape index (κ1) is 12.1. The number of aromatic nitrogens is 2. The van der Waals surface area contributed by atoms with Gasteiger partial charge in [0, 0.05) is 19.2 Å². The summed E-state index contributed by atoms with van der Waals surface area (Å²) in [6.45, 7) is 3.24. The summed E-state index contributed by atoms with van der Waals surface area (Å²) in [6, 6.07) is 1.90. The Balaban J connectivity index is 1.95. The molecule has 0 atom stereocenters. The van der Waals surface area contributed by atoms with Crippen LogP contribution in [-0.4, -0.2) is 43.8 Å². The van der Waals surface area contributed by atoms with Crippen molar-refractivity contribution >= 4 is 5.82 Å². The van der Waals surface area contributed by atoms with Crippen LogP contribution in [0.2, 0.25) is 0 Å². The summed E-state index contributed by atoms with van der Waals surface area (Å²) in [7, 11) is 3.65. The summed E-state index contributed by atoms with van der Waals surface area (Å²) in [6.07, 6.45) is 3.99. The standard InChI is InChI=1S/C12H20N4O/c1-13-8-10-3-5-16(6-4-10)11-7-12(17-2)15-9-14-11/h7,9-10,13H,3-6,8H2,1-2H3. The number of hydrogen-bond acceptors (Lipinski definition) is 5. The Morgan fingerprint density at radius 3 is 2.82 bits per heavy atom. The third-order valence-corrected chi connectivity index (χ3v) is 3.27. The Labute approximate surface area is 102 Å². The van der Waals surface area contributed by atoms with E-state index in [1.54, 1.807) is 13.4 Å². The zero-order valence-electron chi connectivity index (χ0n) is 10.5. The number of nitrogens with one attached hydrogen (secondary N) is 1. The molecule has 1 aliphatic heterocycles. The van der Waals surface area contributed by atoms with Crippen LogP contribution in [0.15, 0.2) is 12.4 Å². The Bertz CT molecular complexity index is 350. The third kappa shape index (κ3) is 3.06. The normalized spacial score (nSPS) is 17.2. The van der Waals surface area contributed by atoms with Gasteiger partial charge in [0.1, 0.15) is 12.1 Å². The molecule has 5 heteroatoms. The quantitative estimate of drug-likeness (QED) is 0.842. The Kier molecular flexibility index (Phi) is 4.14. The number of rotatable bonds is 4. The molecule has 1 aromatic heterocycles. The summed E-state index contributed by atoms with van der Waals surface area (Å²) in [5.74, 6) is 2.40. The average molecular weight is 236 g/mol. The first-order valence-corrected chi connectivity index (χ1v) is 6.09. The second-order valence-electron chi connectivity index (χ2n) is 4.41. The summed E-state index contributed by atoms with van der Waals surface area (Å²) in [5.41, 5.74) is 0. The van der Waals surface area contributed by atoms with Crippen molar-refractivity contribution in [1.82, 2.24) is 15.3 Å². The Morgan fingerprint density at radius 2 is 2.18 bits per heavy atom. The van der Waals surface area contributed by atoms with Crippen molar-refractivity contribution in [3.63, 3.8) is 0 Å². The molecule has 0 radical (unpaired) electrons. The zero-order valence-corrected chi connectivity index (χ0v) is 10.5. The molecule has 1 aromatic rings. The van der Waals surface area contributed by atoms with Gasteiger partial charge in [-0.2, -0.15) is 0 Å². The minimum Gasteiger partial charge on any atom is -0.481 e. The second kappa shape index (κ2) is 5.82. The molecule has 5 nitrogen and oxygen atoms in total. The maximum atomic E-state index is 5.12. The molecule has 2 heterocycles. The van der Waals surface area contributed by atoms with E-state index in [9.17, 15) is 0 Å². The maximum absolute atomic E-state index is 5.12. The molecule has 0 aromatic carbocycles. The van der Waals surface area contributed by atoms with Crippen LogP contribution in [0.5, 0.6) is 5.88 Å². The van der Waals surface area contributed by atoms with E-state index < -0.39 is 0 Å². The van der Waals surface area contributed by atoms with Gasteiger partial charge in [-0.05, 0) is 32.4 Å². The highest BCUT2D eigenvalue weighted by Crippen LogP contribution is 2.22. The Morgan fingerprint density at radius 1 is 1.41 bits per heavy atom. The lowest BCUT2D eigenvalue weighted by Gasteiger charge is -2.32. The molecule has 0 amide bonds. The van der Waals surface area contributed by atoms with Crippen molar-refractivity contribution < 1.29 is 4.74 Å². The predicted octanol–water partition coefficient (Wildman–Crippen LogP) is 0.921. The number of ether oxygens (including phenoxy) is 1. The summed E-state index contributed by atoms with van der Waals surface area (Å²) < 4.78 is 5.12. The van der Waals surface area contributed by atoms with Gasteiger partial charge in [-0.1, -0.05) is 0 Å². The second-order valence-corrected chi connectivity index (χ2v) is 4.41. The summed E-state index contributed by atoms with van der Waals surface area (Å²) in [4.78, 5) is 10.6. The topological polar surface area (TPSA) is 50.3 Å². The maximum Gasteiger partial charge on any atom is 0.218 e. The van der Waals surface area contributed by atoms with Crippen molar-refractivity contribution in [2.75, 3.05) is 38.7 Å². The molecule has 17 heavy (non-hydrogen) atoms. The molecule has 1 saturated heterocycles. The molecular formula is C12H20N4O. The van der Waals surface area contributed by atoms with Crippen molar-refractivity contribution in [2.24, 2.45) is 5.92 Å². The zero-order chi connectivity index (χ0) is 12.1. The molecule has 2 rings (SSSR count). The van der Waals surface area contributed by atoms with Crippen LogP contribution < -0.4 is 15.0 Å². The number of hydrogen-bond donors (Lipinski definition) is 1.